The summed E-state index contributed by atoms with van der Waals surface area (Å²) in [5.74, 6) is 0.926. The quantitative estimate of drug-likeness (QED) is 0.335. The molecule has 1 fully saturated rings. The van der Waals surface area contributed by atoms with Crippen LogP contribution in [0, 0.1) is 0 Å². The minimum absolute atomic E-state index is 0.187. The Balaban J connectivity index is 1.42. The second-order valence-electron chi connectivity index (χ2n) is 10.5. The van der Waals surface area contributed by atoms with Crippen molar-refractivity contribution >= 4 is 10.9 Å². The third-order valence-electron chi connectivity index (χ3n) is 7.89. The molecule has 0 radical (unpaired) electrons. The molecule has 0 amide bonds. The lowest BCUT2D eigenvalue weighted by molar-refractivity contribution is 0.198. The third-order valence-corrected chi connectivity index (χ3v) is 7.89. The molecule has 2 unspecified atom stereocenters. The molecule has 0 spiro atoms. The smallest absolute Gasteiger partial charge is 0.119 e. The number of alkyl halides is 1. The van der Waals surface area contributed by atoms with Gasteiger partial charge in [0, 0.05) is 42.3 Å². The summed E-state index contributed by atoms with van der Waals surface area (Å²) in [5.41, 5.74) is 5.10. The monoisotopic (exact) mass is 477 g/mol. The van der Waals surface area contributed by atoms with Crippen LogP contribution >= 0.6 is 0 Å². The van der Waals surface area contributed by atoms with E-state index in [1.165, 1.54) is 47.0 Å². The van der Waals surface area contributed by atoms with Crippen LogP contribution in [-0.4, -0.2) is 48.3 Å². The van der Waals surface area contributed by atoms with Gasteiger partial charge >= 0.3 is 0 Å². The number of aromatic amines is 1. The first-order chi connectivity index (χ1) is 17.1. The molecule has 2 aliphatic rings. The summed E-state index contributed by atoms with van der Waals surface area (Å²) in [7, 11) is 0. The molecule has 2 aliphatic heterocycles. The molecule has 5 rings (SSSR count). The Bertz CT molecular complexity index is 1110. The third kappa shape index (κ3) is 4.99. The van der Waals surface area contributed by atoms with Crippen molar-refractivity contribution in [3.63, 3.8) is 0 Å². The second kappa shape index (κ2) is 10.7. The minimum atomic E-state index is -0.242. The number of nitrogens with one attached hydrogen (secondary N) is 2. The molecule has 3 atom stereocenters. The van der Waals surface area contributed by atoms with E-state index in [2.05, 4.69) is 77.6 Å². The Labute approximate surface area is 209 Å². The van der Waals surface area contributed by atoms with Crippen molar-refractivity contribution in [3.8, 4) is 5.75 Å². The van der Waals surface area contributed by atoms with Gasteiger partial charge in [-0.25, -0.2) is 0 Å². The van der Waals surface area contributed by atoms with Gasteiger partial charge in [0.25, 0.3) is 0 Å². The minimum Gasteiger partial charge on any atom is -0.489 e. The molecular formula is C30H40FN3O. The molecule has 4 nitrogen and oxygen atoms in total. The fourth-order valence-corrected chi connectivity index (χ4v) is 6.23. The normalized spacial score (nSPS) is 24.7. The van der Waals surface area contributed by atoms with Crippen LogP contribution in [0.5, 0.6) is 5.75 Å². The Morgan fingerprint density at radius 3 is 2.71 bits per heavy atom. The van der Waals surface area contributed by atoms with E-state index < -0.39 is 0 Å². The number of H-pyrrole nitrogens is 1. The molecule has 3 aromatic rings. The van der Waals surface area contributed by atoms with Crippen LogP contribution in [0.25, 0.3) is 10.9 Å². The van der Waals surface area contributed by atoms with E-state index in [0.717, 1.165) is 44.6 Å². The van der Waals surface area contributed by atoms with Crippen LogP contribution in [0.15, 0.2) is 48.5 Å². The predicted octanol–water partition coefficient (Wildman–Crippen LogP) is 6.34. The zero-order valence-corrected chi connectivity index (χ0v) is 21.3. The number of nitrogens with zero attached hydrogens (tertiary/aromatic N) is 1. The number of ether oxygens (including phenoxy) is 1. The van der Waals surface area contributed by atoms with Crippen molar-refractivity contribution in [2.24, 2.45) is 0 Å². The summed E-state index contributed by atoms with van der Waals surface area (Å²) in [6.07, 6.45) is 7.53. The lowest BCUT2D eigenvalue weighted by Crippen LogP contribution is -2.52. The summed E-state index contributed by atoms with van der Waals surface area (Å²) in [4.78, 5) is 6.13. The maximum Gasteiger partial charge on any atom is 0.119 e. The van der Waals surface area contributed by atoms with Gasteiger partial charge in [-0.05, 0) is 61.9 Å². The number of likely N-dealkylation sites (tertiary alicyclic amines) is 1. The van der Waals surface area contributed by atoms with Crippen molar-refractivity contribution in [2.75, 3.05) is 26.3 Å². The summed E-state index contributed by atoms with van der Waals surface area (Å²) in [6, 6.07) is 17.9. The lowest BCUT2D eigenvalue weighted by Gasteiger charge is -2.42. The highest BCUT2D eigenvalue weighted by atomic mass is 19.1. The van der Waals surface area contributed by atoms with E-state index in [0.29, 0.717) is 12.5 Å². The van der Waals surface area contributed by atoms with Gasteiger partial charge in [0.2, 0.25) is 0 Å². The van der Waals surface area contributed by atoms with E-state index in [4.69, 9.17) is 4.74 Å². The van der Waals surface area contributed by atoms with Gasteiger partial charge in [0.15, 0.2) is 0 Å². The highest BCUT2D eigenvalue weighted by Gasteiger charge is 2.42. The molecule has 0 saturated carbocycles. The first kappa shape index (κ1) is 24.3. The molecule has 1 saturated heterocycles. The summed E-state index contributed by atoms with van der Waals surface area (Å²) in [5, 5.41) is 5.39. The number of hydrogen-bond acceptors (Lipinski definition) is 3. The molecule has 35 heavy (non-hydrogen) atoms. The predicted molar refractivity (Wildman–Crippen MR) is 142 cm³/mol. The molecule has 5 heteroatoms. The van der Waals surface area contributed by atoms with E-state index in [-0.39, 0.29) is 18.3 Å². The fraction of sp³-hybridized carbons (Fsp3) is 0.533. The Kier molecular flexibility index (Phi) is 7.45. The maximum atomic E-state index is 12.5. The van der Waals surface area contributed by atoms with Crippen molar-refractivity contribution in [2.45, 2.75) is 76.5 Å². The molecular weight excluding hydrogens is 437 g/mol. The average molecular weight is 478 g/mol. The van der Waals surface area contributed by atoms with E-state index in [9.17, 15) is 4.39 Å². The van der Waals surface area contributed by atoms with E-state index in [1.807, 2.05) is 0 Å². The SMILES string of the molecule is CCCCCC1(c2ccc(O[C@@H]3CCN(CCCF)C3)cc2)NC(C)Cc2c1[nH]c1ccccc21. The standard InChI is InChI=1S/C30H40FN3O/c1-3-4-7-16-30(29-27(20-22(2)33-30)26-9-5-6-10-28(26)32-29)23-11-13-24(14-12-23)35-25-15-19-34(21-25)18-8-17-31/h5-6,9-14,22,25,32-33H,3-4,7-8,15-21H2,1-2H3/t22?,25-,30?/m1/s1. The zero-order valence-electron chi connectivity index (χ0n) is 21.3. The Morgan fingerprint density at radius 2 is 1.91 bits per heavy atom. The largest absolute Gasteiger partial charge is 0.489 e. The van der Waals surface area contributed by atoms with Gasteiger partial charge in [0.05, 0.1) is 12.2 Å². The first-order valence-electron chi connectivity index (χ1n) is 13.6. The van der Waals surface area contributed by atoms with Crippen LogP contribution in [-0.2, 0) is 12.0 Å². The van der Waals surface area contributed by atoms with Gasteiger partial charge in [-0.2, -0.15) is 0 Å². The van der Waals surface area contributed by atoms with Crippen LogP contribution in [0.1, 0.15) is 69.2 Å². The summed E-state index contributed by atoms with van der Waals surface area (Å²) < 4.78 is 18.9. The molecule has 188 valence electrons. The van der Waals surface area contributed by atoms with Crippen molar-refractivity contribution in [3.05, 3.63) is 65.4 Å². The average Bonchev–Trinajstić information content (AvgIpc) is 3.48. The molecule has 0 aliphatic carbocycles. The van der Waals surface area contributed by atoms with Gasteiger partial charge < -0.3 is 9.72 Å². The molecule has 1 aromatic heterocycles. The number of para-hydroxylation sites is 1. The molecule has 2 N–H and O–H groups in total. The highest BCUT2D eigenvalue weighted by molar-refractivity contribution is 5.85. The van der Waals surface area contributed by atoms with Gasteiger partial charge in [-0.1, -0.05) is 56.5 Å². The first-order valence-corrected chi connectivity index (χ1v) is 13.6. The zero-order chi connectivity index (χ0) is 24.3. The fourth-order valence-electron chi connectivity index (χ4n) is 6.23. The highest BCUT2D eigenvalue weighted by Crippen LogP contribution is 2.43. The number of halogens is 1. The number of benzene rings is 2. The van der Waals surface area contributed by atoms with E-state index >= 15 is 0 Å². The van der Waals surface area contributed by atoms with Gasteiger partial charge in [-0.3, -0.25) is 14.6 Å². The van der Waals surface area contributed by atoms with Crippen LogP contribution in [0.3, 0.4) is 0 Å². The van der Waals surface area contributed by atoms with Gasteiger partial charge in [-0.15, -0.1) is 0 Å². The second-order valence-corrected chi connectivity index (χ2v) is 10.5. The molecule has 3 heterocycles. The topological polar surface area (TPSA) is 40.3 Å². The van der Waals surface area contributed by atoms with Crippen molar-refractivity contribution in [1.29, 1.82) is 0 Å². The summed E-state index contributed by atoms with van der Waals surface area (Å²) >= 11 is 0. The molecule has 0 bridgehead atoms. The summed E-state index contributed by atoms with van der Waals surface area (Å²) in [6.45, 7) is 7.05. The number of fused-ring (bicyclic) bond motifs is 3. The lowest BCUT2D eigenvalue weighted by atomic mass is 9.76. The van der Waals surface area contributed by atoms with Crippen molar-refractivity contribution < 1.29 is 9.13 Å². The van der Waals surface area contributed by atoms with Crippen LogP contribution < -0.4 is 10.1 Å². The Morgan fingerprint density at radius 1 is 1.09 bits per heavy atom. The van der Waals surface area contributed by atoms with Gasteiger partial charge in [0.1, 0.15) is 11.9 Å². The Hall–Kier alpha value is -2.37. The van der Waals surface area contributed by atoms with E-state index in [1.54, 1.807) is 0 Å². The molecule has 2 aromatic carbocycles. The van der Waals surface area contributed by atoms with Crippen molar-refractivity contribution in [1.82, 2.24) is 15.2 Å². The van der Waals surface area contributed by atoms with Crippen LogP contribution in [0.4, 0.5) is 4.39 Å². The maximum absolute atomic E-state index is 12.5. The van der Waals surface area contributed by atoms with Crippen LogP contribution in [0.2, 0.25) is 0 Å². The number of aromatic nitrogens is 1. The number of rotatable bonds is 10. The number of hydrogen-bond donors (Lipinski definition) is 2. The number of unbranched alkanes of at least 4 members (excludes halogenated alkanes) is 2.